The molecule has 0 aliphatic carbocycles. The highest BCUT2D eigenvalue weighted by Gasteiger charge is 2.06. The van der Waals surface area contributed by atoms with Crippen molar-refractivity contribution in [1.82, 2.24) is 4.98 Å². The summed E-state index contributed by atoms with van der Waals surface area (Å²) in [6.07, 6.45) is 4.59. The van der Waals surface area contributed by atoms with Gasteiger partial charge in [0.2, 0.25) is 5.91 Å². The van der Waals surface area contributed by atoms with Gasteiger partial charge in [-0.15, -0.1) is 0 Å². The highest BCUT2D eigenvalue weighted by molar-refractivity contribution is 5.90. The maximum absolute atomic E-state index is 11.6. The van der Waals surface area contributed by atoms with Crippen molar-refractivity contribution in [3.63, 3.8) is 0 Å². The Morgan fingerprint density at radius 3 is 2.68 bits per heavy atom. The molecule has 0 saturated carbocycles. The van der Waals surface area contributed by atoms with E-state index in [0.29, 0.717) is 12.3 Å². The first kappa shape index (κ1) is 15.5. The van der Waals surface area contributed by atoms with Crippen LogP contribution in [0.5, 0.6) is 0 Å². The molecular weight excluding hydrogens is 238 g/mol. The normalized spacial score (nSPS) is 10.6. The molecule has 0 atom stereocenters. The van der Waals surface area contributed by atoms with Crippen molar-refractivity contribution in [2.45, 2.75) is 40.0 Å². The third kappa shape index (κ3) is 5.73. The molecule has 0 aliphatic heterocycles. The molecule has 1 N–H and O–H groups in total. The third-order valence-corrected chi connectivity index (χ3v) is 2.86. The lowest BCUT2D eigenvalue weighted by Gasteiger charge is -2.17. The molecule has 19 heavy (non-hydrogen) atoms. The van der Waals surface area contributed by atoms with Gasteiger partial charge in [0.05, 0.1) is 11.9 Å². The standard InChI is InChI=1S/C15H25N3O/c1-5-6-9-18(4)14-8-7-13(11-16-14)17-15(19)10-12(2)3/h7-8,11-12H,5-6,9-10H2,1-4H3,(H,17,19). The molecule has 0 unspecified atom stereocenters. The molecule has 106 valence electrons. The SMILES string of the molecule is CCCCN(C)c1ccc(NC(=O)CC(C)C)cn1. The van der Waals surface area contributed by atoms with Gasteiger partial charge in [-0.1, -0.05) is 27.2 Å². The quantitative estimate of drug-likeness (QED) is 0.821. The molecule has 1 amide bonds. The predicted molar refractivity (Wildman–Crippen MR) is 80.5 cm³/mol. The maximum Gasteiger partial charge on any atom is 0.224 e. The fraction of sp³-hybridized carbons (Fsp3) is 0.600. The van der Waals surface area contributed by atoms with Crippen LogP contribution in [0.4, 0.5) is 11.5 Å². The van der Waals surface area contributed by atoms with Gasteiger partial charge >= 0.3 is 0 Å². The van der Waals surface area contributed by atoms with E-state index in [9.17, 15) is 4.79 Å². The minimum atomic E-state index is 0.0453. The zero-order chi connectivity index (χ0) is 14.3. The van der Waals surface area contributed by atoms with Gasteiger partial charge in [-0.05, 0) is 24.5 Å². The van der Waals surface area contributed by atoms with Crippen LogP contribution in [0.15, 0.2) is 18.3 Å². The lowest BCUT2D eigenvalue weighted by molar-refractivity contribution is -0.116. The Morgan fingerprint density at radius 2 is 2.16 bits per heavy atom. The van der Waals surface area contributed by atoms with E-state index in [-0.39, 0.29) is 5.91 Å². The summed E-state index contributed by atoms with van der Waals surface area (Å²) in [6.45, 7) is 7.24. The molecule has 4 heteroatoms. The molecular formula is C15H25N3O. The van der Waals surface area contributed by atoms with E-state index in [1.165, 1.54) is 6.42 Å². The van der Waals surface area contributed by atoms with Crippen molar-refractivity contribution < 1.29 is 4.79 Å². The third-order valence-electron chi connectivity index (χ3n) is 2.86. The molecule has 0 aromatic carbocycles. The fourth-order valence-electron chi connectivity index (χ4n) is 1.78. The Morgan fingerprint density at radius 1 is 1.42 bits per heavy atom. The minimum Gasteiger partial charge on any atom is -0.360 e. The van der Waals surface area contributed by atoms with Gasteiger partial charge in [-0.3, -0.25) is 4.79 Å². The summed E-state index contributed by atoms with van der Waals surface area (Å²) in [5.74, 6) is 1.35. The first-order valence-corrected chi connectivity index (χ1v) is 7.00. The zero-order valence-corrected chi connectivity index (χ0v) is 12.4. The molecule has 0 spiro atoms. The van der Waals surface area contributed by atoms with Crippen molar-refractivity contribution >= 4 is 17.4 Å². The number of rotatable bonds is 7. The van der Waals surface area contributed by atoms with Crippen molar-refractivity contribution in [2.75, 3.05) is 23.8 Å². The summed E-state index contributed by atoms with van der Waals surface area (Å²) >= 11 is 0. The van der Waals surface area contributed by atoms with Crippen LogP contribution < -0.4 is 10.2 Å². The van der Waals surface area contributed by atoms with Crippen LogP contribution in [0, 0.1) is 5.92 Å². The van der Waals surface area contributed by atoms with Crippen molar-refractivity contribution in [3.8, 4) is 0 Å². The molecule has 1 rings (SSSR count). The maximum atomic E-state index is 11.6. The van der Waals surface area contributed by atoms with E-state index < -0.39 is 0 Å². The second-order valence-electron chi connectivity index (χ2n) is 5.33. The molecule has 0 aliphatic rings. The van der Waals surface area contributed by atoms with Gasteiger partial charge in [-0.2, -0.15) is 0 Å². The summed E-state index contributed by atoms with van der Waals surface area (Å²) in [6, 6.07) is 3.85. The average Bonchev–Trinajstić information content (AvgIpc) is 2.35. The topological polar surface area (TPSA) is 45.2 Å². The Labute approximate surface area is 116 Å². The van der Waals surface area contributed by atoms with Crippen molar-refractivity contribution in [1.29, 1.82) is 0 Å². The van der Waals surface area contributed by atoms with Gasteiger partial charge in [0.25, 0.3) is 0 Å². The largest absolute Gasteiger partial charge is 0.360 e. The molecule has 0 bridgehead atoms. The van der Waals surface area contributed by atoms with Crippen LogP contribution in [0.1, 0.15) is 40.0 Å². The minimum absolute atomic E-state index is 0.0453. The number of carbonyl (C=O) groups excluding carboxylic acids is 1. The van der Waals surface area contributed by atoms with E-state index >= 15 is 0 Å². The molecule has 1 aromatic rings. The number of carbonyl (C=O) groups is 1. The molecule has 0 saturated heterocycles. The number of nitrogens with zero attached hydrogens (tertiary/aromatic N) is 2. The first-order chi connectivity index (χ1) is 9.02. The van der Waals surface area contributed by atoms with E-state index in [1.807, 2.05) is 33.0 Å². The number of hydrogen-bond acceptors (Lipinski definition) is 3. The number of amides is 1. The summed E-state index contributed by atoms with van der Waals surface area (Å²) in [5, 5.41) is 2.86. The molecule has 1 aromatic heterocycles. The molecule has 4 nitrogen and oxygen atoms in total. The predicted octanol–water partition coefficient (Wildman–Crippen LogP) is 3.30. The van der Waals surface area contributed by atoms with Crippen LogP contribution in [0.25, 0.3) is 0 Å². The highest BCUT2D eigenvalue weighted by atomic mass is 16.1. The Bertz CT molecular complexity index is 387. The first-order valence-electron chi connectivity index (χ1n) is 7.00. The Kier molecular flexibility index (Phi) is 6.33. The van der Waals surface area contributed by atoms with Crippen molar-refractivity contribution in [3.05, 3.63) is 18.3 Å². The van der Waals surface area contributed by atoms with E-state index in [0.717, 1.165) is 24.5 Å². The van der Waals surface area contributed by atoms with Crippen LogP contribution in [-0.2, 0) is 4.79 Å². The number of hydrogen-bond donors (Lipinski definition) is 1. The summed E-state index contributed by atoms with van der Waals surface area (Å²) in [4.78, 5) is 18.1. The van der Waals surface area contributed by atoms with Gasteiger partial charge in [0, 0.05) is 20.0 Å². The molecule has 1 heterocycles. The van der Waals surface area contributed by atoms with Crippen LogP contribution in [-0.4, -0.2) is 24.5 Å². The average molecular weight is 263 g/mol. The van der Waals surface area contributed by atoms with Crippen LogP contribution >= 0.6 is 0 Å². The van der Waals surface area contributed by atoms with E-state index in [2.05, 4.69) is 22.1 Å². The lowest BCUT2D eigenvalue weighted by atomic mass is 10.1. The lowest BCUT2D eigenvalue weighted by Crippen LogP contribution is -2.19. The molecule has 0 radical (unpaired) electrons. The number of nitrogens with one attached hydrogen (secondary N) is 1. The second-order valence-corrected chi connectivity index (χ2v) is 5.33. The van der Waals surface area contributed by atoms with Gasteiger partial charge < -0.3 is 10.2 Å². The Balaban J connectivity index is 2.53. The van der Waals surface area contributed by atoms with Gasteiger partial charge in [-0.25, -0.2) is 4.98 Å². The van der Waals surface area contributed by atoms with Crippen LogP contribution in [0.2, 0.25) is 0 Å². The number of anilines is 2. The van der Waals surface area contributed by atoms with Gasteiger partial charge in [0.1, 0.15) is 5.82 Å². The zero-order valence-electron chi connectivity index (χ0n) is 12.4. The van der Waals surface area contributed by atoms with Gasteiger partial charge in [0.15, 0.2) is 0 Å². The number of aromatic nitrogens is 1. The summed E-state index contributed by atoms with van der Waals surface area (Å²) in [7, 11) is 2.04. The summed E-state index contributed by atoms with van der Waals surface area (Å²) in [5.41, 5.74) is 0.762. The molecule has 0 fully saturated rings. The monoisotopic (exact) mass is 263 g/mol. The van der Waals surface area contributed by atoms with E-state index in [1.54, 1.807) is 6.20 Å². The van der Waals surface area contributed by atoms with Crippen molar-refractivity contribution in [2.24, 2.45) is 5.92 Å². The highest BCUT2D eigenvalue weighted by Crippen LogP contribution is 2.14. The Hall–Kier alpha value is -1.58. The smallest absolute Gasteiger partial charge is 0.224 e. The number of pyridine rings is 1. The number of unbranched alkanes of at least 4 members (excludes halogenated alkanes) is 1. The van der Waals surface area contributed by atoms with E-state index in [4.69, 9.17) is 0 Å². The summed E-state index contributed by atoms with van der Waals surface area (Å²) < 4.78 is 0. The van der Waals surface area contributed by atoms with Crippen LogP contribution in [0.3, 0.4) is 0 Å². The second kappa shape index (κ2) is 7.77. The fourth-order valence-corrected chi connectivity index (χ4v) is 1.78.